The fourth-order valence-corrected chi connectivity index (χ4v) is 2.49. The summed E-state index contributed by atoms with van der Waals surface area (Å²) in [6.45, 7) is 4.66. The standard InChI is InChI=1S/C13H16N2O2S/c1-8(12-4-3-10(16)5-13(12)17)14-6-11-7-15-9(2)18-11/h3-5,7-8,14,16-17H,6H2,1-2H3. The van der Waals surface area contributed by atoms with Crippen LogP contribution in [0, 0.1) is 6.92 Å². The summed E-state index contributed by atoms with van der Waals surface area (Å²) < 4.78 is 0. The Labute approximate surface area is 110 Å². The Morgan fingerprint density at radius 1 is 1.39 bits per heavy atom. The maximum absolute atomic E-state index is 9.75. The molecule has 0 amide bonds. The van der Waals surface area contributed by atoms with Crippen molar-refractivity contribution in [2.45, 2.75) is 26.4 Å². The number of phenolic OH excluding ortho intramolecular Hbond substituents is 2. The lowest BCUT2D eigenvalue weighted by Gasteiger charge is -2.15. The Hall–Kier alpha value is -1.59. The van der Waals surface area contributed by atoms with E-state index >= 15 is 0 Å². The molecule has 0 aliphatic heterocycles. The summed E-state index contributed by atoms with van der Waals surface area (Å²) in [5.41, 5.74) is 0.772. The van der Waals surface area contributed by atoms with Crippen molar-refractivity contribution < 1.29 is 10.2 Å². The first kappa shape index (κ1) is 12.9. The number of nitrogens with zero attached hydrogens (tertiary/aromatic N) is 1. The molecule has 0 saturated heterocycles. The van der Waals surface area contributed by atoms with Gasteiger partial charge in [0.1, 0.15) is 11.5 Å². The van der Waals surface area contributed by atoms with Crippen LogP contribution >= 0.6 is 11.3 Å². The second-order valence-electron chi connectivity index (χ2n) is 4.19. The molecule has 0 aliphatic carbocycles. The van der Waals surface area contributed by atoms with E-state index in [1.165, 1.54) is 6.07 Å². The zero-order valence-corrected chi connectivity index (χ0v) is 11.2. The van der Waals surface area contributed by atoms with E-state index in [-0.39, 0.29) is 17.5 Å². The second-order valence-corrected chi connectivity index (χ2v) is 5.51. The first-order valence-corrected chi connectivity index (χ1v) is 6.54. The van der Waals surface area contributed by atoms with Gasteiger partial charge in [0.15, 0.2) is 0 Å². The topological polar surface area (TPSA) is 65.4 Å². The minimum absolute atomic E-state index is 0.00741. The Bertz CT molecular complexity index is 540. The highest BCUT2D eigenvalue weighted by Crippen LogP contribution is 2.28. The van der Waals surface area contributed by atoms with E-state index in [0.717, 1.165) is 15.4 Å². The number of phenols is 2. The smallest absolute Gasteiger partial charge is 0.124 e. The molecule has 96 valence electrons. The number of hydrogen-bond donors (Lipinski definition) is 3. The molecule has 5 heteroatoms. The van der Waals surface area contributed by atoms with Crippen LogP contribution in [0.5, 0.6) is 11.5 Å². The van der Waals surface area contributed by atoms with Crippen molar-refractivity contribution in [3.63, 3.8) is 0 Å². The average Bonchev–Trinajstić information content (AvgIpc) is 2.72. The summed E-state index contributed by atoms with van der Waals surface area (Å²) in [6.07, 6.45) is 1.86. The van der Waals surface area contributed by atoms with Crippen molar-refractivity contribution in [1.29, 1.82) is 0 Å². The van der Waals surface area contributed by atoms with Gasteiger partial charge in [0.05, 0.1) is 5.01 Å². The molecular formula is C13H16N2O2S. The van der Waals surface area contributed by atoms with Crippen LogP contribution in [0.3, 0.4) is 0 Å². The van der Waals surface area contributed by atoms with E-state index in [0.29, 0.717) is 6.54 Å². The van der Waals surface area contributed by atoms with Gasteiger partial charge >= 0.3 is 0 Å². The summed E-state index contributed by atoms with van der Waals surface area (Å²) in [7, 11) is 0. The average molecular weight is 264 g/mol. The highest BCUT2D eigenvalue weighted by molar-refractivity contribution is 7.11. The van der Waals surface area contributed by atoms with Crippen LogP contribution < -0.4 is 5.32 Å². The van der Waals surface area contributed by atoms with Gasteiger partial charge in [0.2, 0.25) is 0 Å². The number of rotatable bonds is 4. The van der Waals surface area contributed by atoms with Crippen LogP contribution in [0.1, 0.15) is 28.4 Å². The van der Waals surface area contributed by atoms with E-state index in [4.69, 9.17) is 0 Å². The number of nitrogens with one attached hydrogen (secondary N) is 1. The van der Waals surface area contributed by atoms with Gasteiger partial charge < -0.3 is 15.5 Å². The number of hydrogen-bond acceptors (Lipinski definition) is 5. The van der Waals surface area contributed by atoms with Crippen molar-refractivity contribution in [3.8, 4) is 11.5 Å². The van der Waals surface area contributed by atoms with Crippen molar-refractivity contribution in [3.05, 3.63) is 39.8 Å². The van der Waals surface area contributed by atoms with Crippen LogP contribution in [0.15, 0.2) is 24.4 Å². The molecule has 0 spiro atoms. The van der Waals surface area contributed by atoms with Crippen LogP contribution in [0.4, 0.5) is 0 Å². The first-order valence-electron chi connectivity index (χ1n) is 5.73. The second kappa shape index (κ2) is 5.37. The minimum atomic E-state index is 0.00741. The summed E-state index contributed by atoms with van der Waals surface area (Å²) in [5, 5.41) is 23.4. The Kier molecular flexibility index (Phi) is 3.84. The molecule has 18 heavy (non-hydrogen) atoms. The fourth-order valence-electron chi connectivity index (χ4n) is 1.75. The van der Waals surface area contributed by atoms with Gasteiger partial charge in [0, 0.05) is 35.3 Å². The molecule has 1 unspecified atom stereocenters. The van der Waals surface area contributed by atoms with Crippen molar-refractivity contribution >= 4 is 11.3 Å². The van der Waals surface area contributed by atoms with Gasteiger partial charge in [-0.15, -0.1) is 11.3 Å². The van der Waals surface area contributed by atoms with E-state index in [9.17, 15) is 10.2 Å². The molecule has 1 heterocycles. The molecule has 1 atom stereocenters. The van der Waals surface area contributed by atoms with Crippen LogP contribution in [-0.2, 0) is 6.54 Å². The third kappa shape index (κ3) is 3.00. The first-order chi connectivity index (χ1) is 8.56. The van der Waals surface area contributed by atoms with Crippen molar-refractivity contribution in [2.75, 3.05) is 0 Å². The monoisotopic (exact) mass is 264 g/mol. The molecule has 4 nitrogen and oxygen atoms in total. The molecule has 1 aromatic carbocycles. The van der Waals surface area contributed by atoms with Gasteiger partial charge in [-0.05, 0) is 19.9 Å². The SMILES string of the molecule is Cc1ncc(CNC(C)c2ccc(O)cc2O)s1. The van der Waals surface area contributed by atoms with Gasteiger partial charge in [-0.2, -0.15) is 0 Å². The number of aromatic hydroxyl groups is 2. The Morgan fingerprint density at radius 2 is 2.17 bits per heavy atom. The lowest BCUT2D eigenvalue weighted by Crippen LogP contribution is -2.17. The summed E-state index contributed by atoms with van der Waals surface area (Å²) in [5.74, 6) is 0.178. The number of thiazole rings is 1. The molecule has 1 aromatic heterocycles. The predicted octanol–water partition coefficient (Wildman–Crippen LogP) is 2.71. The summed E-state index contributed by atoms with van der Waals surface area (Å²) in [6, 6.07) is 4.65. The summed E-state index contributed by atoms with van der Waals surface area (Å²) in [4.78, 5) is 5.36. The van der Waals surface area contributed by atoms with E-state index in [2.05, 4.69) is 10.3 Å². The minimum Gasteiger partial charge on any atom is -0.508 e. The maximum atomic E-state index is 9.75. The highest BCUT2D eigenvalue weighted by Gasteiger charge is 2.10. The maximum Gasteiger partial charge on any atom is 0.124 e. The van der Waals surface area contributed by atoms with Gasteiger partial charge in [-0.25, -0.2) is 4.98 Å². The van der Waals surface area contributed by atoms with Gasteiger partial charge in [-0.3, -0.25) is 0 Å². The van der Waals surface area contributed by atoms with Crippen molar-refractivity contribution in [1.82, 2.24) is 10.3 Å². The molecule has 0 radical (unpaired) electrons. The van der Waals surface area contributed by atoms with Gasteiger partial charge in [-0.1, -0.05) is 6.07 Å². The molecule has 2 aromatic rings. The fraction of sp³-hybridized carbons (Fsp3) is 0.308. The van der Waals surface area contributed by atoms with Crippen LogP contribution in [0.2, 0.25) is 0 Å². The lowest BCUT2D eigenvalue weighted by molar-refractivity contribution is 0.436. The van der Waals surface area contributed by atoms with Crippen molar-refractivity contribution in [2.24, 2.45) is 0 Å². The number of aromatic nitrogens is 1. The van der Waals surface area contributed by atoms with Gasteiger partial charge in [0.25, 0.3) is 0 Å². The van der Waals surface area contributed by atoms with E-state index in [1.54, 1.807) is 23.5 Å². The lowest BCUT2D eigenvalue weighted by atomic mass is 10.1. The number of aryl methyl sites for hydroxylation is 1. The number of benzene rings is 1. The highest BCUT2D eigenvalue weighted by atomic mass is 32.1. The van der Waals surface area contributed by atoms with Crippen LogP contribution in [0.25, 0.3) is 0 Å². The van der Waals surface area contributed by atoms with E-state index < -0.39 is 0 Å². The quantitative estimate of drug-likeness (QED) is 0.794. The largest absolute Gasteiger partial charge is 0.508 e. The molecular weight excluding hydrogens is 248 g/mol. The Morgan fingerprint density at radius 3 is 2.78 bits per heavy atom. The Balaban J connectivity index is 2.01. The molecule has 0 aliphatic rings. The molecule has 2 rings (SSSR count). The molecule has 0 bridgehead atoms. The third-order valence-electron chi connectivity index (χ3n) is 2.73. The molecule has 0 saturated carbocycles. The zero-order valence-electron chi connectivity index (χ0n) is 10.3. The third-order valence-corrected chi connectivity index (χ3v) is 3.64. The normalized spacial score (nSPS) is 12.6. The van der Waals surface area contributed by atoms with E-state index in [1.807, 2.05) is 20.0 Å². The summed E-state index contributed by atoms with van der Waals surface area (Å²) >= 11 is 1.66. The molecule has 0 fully saturated rings. The predicted molar refractivity (Wildman–Crippen MR) is 71.9 cm³/mol. The zero-order chi connectivity index (χ0) is 13.1. The molecule has 3 N–H and O–H groups in total. The van der Waals surface area contributed by atoms with Crippen LogP contribution in [-0.4, -0.2) is 15.2 Å².